The summed E-state index contributed by atoms with van der Waals surface area (Å²) in [5.74, 6) is 0.748. The van der Waals surface area contributed by atoms with Gasteiger partial charge in [-0.2, -0.15) is 4.98 Å². The van der Waals surface area contributed by atoms with Gasteiger partial charge < -0.3 is 15.3 Å². The molecule has 4 atom stereocenters. The number of aliphatic hydroxyl groups is 1. The fraction of sp³-hybridized carbons (Fsp3) is 0.471. The van der Waals surface area contributed by atoms with E-state index < -0.39 is 23.6 Å². The fourth-order valence-corrected chi connectivity index (χ4v) is 12.7. The molecule has 2 N–H and O–H groups in total. The van der Waals surface area contributed by atoms with Crippen LogP contribution in [0, 0.1) is 12.3 Å². The van der Waals surface area contributed by atoms with E-state index in [4.69, 9.17) is 4.98 Å². The number of nitrogens with zero attached hydrogens (tertiary/aromatic N) is 8. The van der Waals surface area contributed by atoms with E-state index in [9.17, 15) is 19.5 Å². The van der Waals surface area contributed by atoms with Crippen LogP contribution in [0.15, 0.2) is 81.6 Å². The van der Waals surface area contributed by atoms with E-state index >= 15 is 0 Å². The number of likely N-dealkylation sites (tertiary alicyclic amines) is 2. The average Bonchev–Trinajstić information content (AvgIpc) is 4.09. The lowest BCUT2D eigenvalue weighted by Crippen LogP contribution is -2.50. The second-order valence-electron chi connectivity index (χ2n) is 20.2. The van der Waals surface area contributed by atoms with E-state index in [0.29, 0.717) is 17.8 Å². The highest BCUT2D eigenvalue weighted by molar-refractivity contribution is 9.10. The van der Waals surface area contributed by atoms with E-state index in [1.807, 2.05) is 88.8 Å². The number of thiazole rings is 1. The quantitative estimate of drug-likeness (QED) is 0.145. The van der Waals surface area contributed by atoms with Gasteiger partial charge in [-0.05, 0) is 120 Å². The highest BCUT2D eigenvalue weighted by Crippen LogP contribution is 2.52. The van der Waals surface area contributed by atoms with Crippen LogP contribution in [0.25, 0.3) is 27.0 Å². The predicted octanol–water partition coefficient (Wildman–Crippen LogP) is 8.54. The lowest BCUT2D eigenvalue weighted by Gasteiger charge is -2.35. The fourth-order valence-electron chi connectivity index (χ4n) is 11.4. The summed E-state index contributed by atoms with van der Waals surface area (Å²) in [4.78, 5) is 56.3. The zero-order valence-corrected chi connectivity index (χ0v) is 40.7. The molecule has 10 rings (SSSR count). The SMILES string of the molecule is Cc1ncsc1-c1ccc([C@H](C)NC(=O)[C@@H]2C[C@@H](O)CN2C(=O)[C@@H](n2cc(CN3CCC(c4ccc5c(c4)C4(CCCCC4)c4nc(=O)c6c(Br)cccc6n4-5)CC3)nn2)C(C)(C)C)cc1. The summed E-state index contributed by atoms with van der Waals surface area (Å²) in [6.07, 6.45) is 8.66. The molecule has 1 aliphatic carbocycles. The molecule has 3 aliphatic heterocycles. The molecule has 0 bridgehead atoms. The Balaban J connectivity index is 0.808. The van der Waals surface area contributed by atoms with Gasteiger partial charge in [0.05, 0.1) is 62.1 Å². The first-order valence-electron chi connectivity index (χ1n) is 23.5. The number of hydrogen-bond acceptors (Lipinski definition) is 10. The summed E-state index contributed by atoms with van der Waals surface area (Å²) >= 11 is 5.23. The maximum Gasteiger partial charge on any atom is 0.281 e. The molecule has 6 heterocycles. The molecule has 13 nitrogen and oxygen atoms in total. The zero-order chi connectivity index (χ0) is 46.1. The summed E-state index contributed by atoms with van der Waals surface area (Å²) in [5.41, 5.74) is 9.37. The predicted molar refractivity (Wildman–Crippen MR) is 260 cm³/mol. The van der Waals surface area contributed by atoms with Crippen molar-refractivity contribution in [3.63, 3.8) is 0 Å². The van der Waals surface area contributed by atoms with Crippen molar-refractivity contribution in [2.24, 2.45) is 5.41 Å². The smallest absolute Gasteiger partial charge is 0.281 e. The maximum absolute atomic E-state index is 14.6. The van der Waals surface area contributed by atoms with Crippen molar-refractivity contribution in [1.29, 1.82) is 0 Å². The molecule has 4 aliphatic rings. The molecule has 1 saturated carbocycles. The Morgan fingerprint density at radius 1 is 1.03 bits per heavy atom. The average molecular weight is 973 g/mol. The number of halogens is 1. The van der Waals surface area contributed by atoms with Gasteiger partial charge in [0.1, 0.15) is 17.9 Å². The van der Waals surface area contributed by atoms with Gasteiger partial charge in [0.2, 0.25) is 11.8 Å². The molecule has 6 aromatic rings. The standard InChI is InChI=1S/C51H58BrN9O4S/c1-30(32-12-14-34(15-13-32)44-31(2)53-29-66-44)54-46(63)42-25-37(62)28-59(42)48(65)45(50(3,4)5)60-27-36(56-57-60)26-58-22-18-33(19-23-58)35-16-17-40-38(24-35)51(20-7-6-8-21-51)49-55-47(64)43-39(52)10-9-11-41(43)61(40)49/h9-17,24,27,29-30,33,37,42,45,62H,6-8,18-23,25-26,28H2,1-5H3,(H,54,63)/t30-,37+,42-,45+/m0/s1. The van der Waals surface area contributed by atoms with Gasteiger partial charge in [-0.25, -0.2) is 9.67 Å². The first-order chi connectivity index (χ1) is 31.7. The van der Waals surface area contributed by atoms with Gasteiger partial charge in [0, 0.05) is 24.0 Å². The van der Waals surface area contributed by atoms with Crippen molar-refractivity contribution in [1.82, 2.24) is 44.6 Å². The Morgan fingerprint density at radius 2 is 1.79 bits per heavy atom. The van der Waals surface area contributed by atoms with Crippen LogP contribution < -0.4 is 10.9 Å². The minimum atomic E-state index is -0.819. The number of β-amino-alcohol motifs (C(OH)–C–C–N with tert-alkyl or cyclic N) is 1. The van der Waals surface area contributed by atoms with Gasteiger partial charge >= 0.3 is 0 Å². The number of rotatable bonds is 9. The van der Waals surface area contributed by atoms with E-state index in [-0.39, 0.29) is 41.8 Å². The summed E-state index contributed by atoms with van der Waals surface area (Å²) in [5, 5.41) is 23.7. The van der Waals surface area contributed by atoms with Crippen molar-refractivity contribution in [2.75, 3.05) is 19.6 Å². The third kappa shape index (κ3) is 8.02. The molecule has 3 aromatic heterocycles. The third-order valence-corrected chi connectivity index (χ3v) is 16.4. The Bertz CT molecular complexity index is 2870. The number of carbonyl (C=O) groups is 2. The van der Waals surface area contributed by atoms with Crippen molar-refractivity contribution >= 4 is 50.0 Å². The number of benzene rings is 3. The lowest BCUT2D eigenvalue weighted by molar-refractivity contribution is -0.144. The number of amides is 2. The van der Waals surface area contributed by atoms with E-state index in [1.54, 1.807) is 16.0 Å². The Labute approximate surface area is 397 Å². The molecular formula is C51H58BrN9O4S. The van der Waals surface area contributed by atoms with Crippen LogP contribution in [0.5, 0.6) is 0 Å². The van der Waals surface area contributed by atoms with Crippen LogP contribution in [-0.2, 0) is 21.5 Å². The van der Waals surface area contributed by atoms with E-state index in [1.165, 1.54) is 22.4 Å². The Morgan fingerprint density at radius 3 is 2.50 bits per heavy atom. The number of carbonyl (C=O) groups excluding carboxylic acids is 2. The minimum absolute atomic E-state index is 0.0705. The van der Waals surface area contributed by atoms with Gasteiger partial charge in [0.15, 0.2) is 0 Å². The first kappa shape index (κ1) is 44.7. The van der Waals surface area contributed by atoms with Crippen LogP contribution in [0.3, 0.4) is 0 Å². The van der Waals surface area contributed by atoms with Crippen LogP contribution in [0.4, 0.5) is 0 Å². The maximum atomic E-state index is 14.6. The monoisotopic (exact) mass is 971 g/mol. The zero-order valence-electron chi connectivity index (χ0n) is 38.3. The van der Waals surface area contributed by atoms with Crippen LogP contribution in [-0.4, -0.2) is 88.0 Å². The number of fused-ring (bicyclic) bond motifs is 7. The van der Waals surface area contributed by atoms with Crippen molar-refractivity contribution < 1.29 is 14.7 Å². The molecule has 3 fully saturated rings. The molecular weight excluding hydrogens is 915 g/mol. The Kier molecular flexibility index (Phi) is 11.9. The van der Waals surface area contributed by atoms with Crippen molar-refractivity contribution in [3.05, 3.63) is 121 Å². The Hall–Kier alpha value is -5.09. The van der Waals surface area contributed by atoms with E-state index in [2.05, 4.69) is 64.2 Å². The van der Waals surface area contributed by atoms with Crippen LogP contribution >= 0.6 is 27.3 Å². The number of hydrogen-bond donors (Lipinski definition) is 2. The molecule has 15 heteroatoms. The summed E-state index contributed by atoms with van der Waals surface area (Å²) in [6.45, 7) is 12.4. The van der Waals surface area contributed by atoms with Gasteiger partial charge in [-0.15, -0.1) is 16.4 Å². The third-order valence-electron chi connectivity index (χ3n) is 14.7. The van der Waals surface area contributed by atoms with Crippen LogP contribution in [0.1, 0.15) is 131 Å². The summed E-state index contributed by atoms with van der Waals surface area (Å²) in [7, 11) is 0. The largest absolute Gasteiger partial charge is 0.391 e. The van der Waals surface area contributed by atoms with Crippen molar-refractivity contribution in [2.45, 2.75) is 128 Å². The number of aromatic nitrogens is 6. The van der Waals surface area contributed by atoms with Crippen LogP contribution in [0.2, 0.25) is 0 Å². The lowest BCUT2D eigenvalue weighted by atomic mass is 9.69. The molecule has 66 heavy (non-hydrogen) atoms. The van der Waals surface area contributed by atoms with Crippen molar-refractivity contribution in [3.8, 4) is 16.1 Å². The van der Waals surface area contributed by atoms with Gasteiger partial charge in [0.25, 0.3) is 5.56 Å². The first-order valence-corrected chi connectivity index (χ1v) is 25.2. The normalized spacial score (nSPS) is 20.7. The second kappa shape index (κ2) is 17.5. The number of aliphatic hydroxyl groups excluding tert-OH is 1. The van der Waals surface area contributed by atoms with E-state index in [0.717, 1.165) is 101 Å². The summed E-state index contributed by atoms with van der Waals surface area (Å²) < 4.78 is 4.70. The highest BCUT2D eigenvalue weighted by Gasteiger charge is 2.48. The van der Waals surface area contributed by atoms with Gasteiger partial charge in [-0.1, -0.05) is 87.7 Å². The molecule has 2 amide bonds. The number of aryl methyl sites for hydroxylation is 1. The molecule has 0 unspecified atom stereocenters. The summed E-state index contributed by atoms with van der Waals surface area (Å²) in [6, 6.07) is 19.2. The molecule has 2 saturated heterocycles. The topological polar surface area (TPSA) is 151 Å². The molecule has 3 aromatic carbocycles. The number of piperidine rings is 1. The number of nitrogens with one attached hydrogen (secondary N) is 1. The molecule has 0 radical (unpaired) electrons. The second-order valence-corrected chi connectivity index (χ2v) is 21.9. The highest BCUT2D eigenvalue weighted by atomic mass is 79.9. The molecule has 344 valence electrons. The molecule has 1 spiro atoms. The van der Waals surface area contributed by atoms with Gasteiger partial charge in [-0.3, -0.25) is 23.9 Å². The minimum Gasteiger partial charge on any atom is -0.391 e.